The minimum Gasteiger partial charge on any atom is -0.463 e. The number of nitrogens with two attached hydrogens (primary N) is 1. The van der Waals surface area contributed by atoms with Crippen molar-refractivity contribution in [2.75, 3.05) is 6.61 Å². The Hall–Kier alpha value is -3.19. The standard InChI is InChI=1S/C19H24ClN3O10/c1-8(24)29-7-14-15(30-9(2)25)16(31-10(3)26)17(32-11(4)27)19(33-14)23-13(18(21)28)5-12(6-20)22-23/h5,14-17,19H,6-7H2,1-4H3,(H2,21,28)/t14-,15-,16+,17-,19?/m0/s1. The van der Waals surface area contributed by atoms with Crippen molar-refractivity contribution in [1.82, 2.24) is 9.78 Å². The van der Waals surface area contributed by atoms with Crippen LogP contribution in [0.1, 0.15) is 50.1 Å². The molecular weight excluding hydrogens is 466 g/mol. The Morgan fingerprint density at radius 2 is 1.52 bits per heavy atom. The van der Waals surface area contributed by atoms with Crippen molar-refractivity contribution in [2.24, 2.45) is 5.73 Å². The van der Waals surface area contributed by atoms with Crippen molar-refractivity contribution < 1.29 is 47.7 Å². The molecule has 1 aromatic rings. The predicted octanol–water partition coefficient (Wildman–Crippen LogP) is -0.0236. The van der Waals surface area contributed by atoms with Crippen LogP contribution in [0.3, 0.4) is 0 Å². The summed E-state index contributed by atoms with van der Waals surface area (Å²) >= 11 is 5.83. The number of aromatic nitrogens is 2. The van der Waals surface area contributed by atoms with Crippen LogP contribution >= 0.6 is 11.6 Å². The predicted molar refractivity (Wildman–Crippen MR) is 108 cm³/mol. The molecule has 1 amide bonds. The van der Waals surface area contributed by atoms with Crippen LogP contribution in [0.25, 0.3) is 0 Å². The number of amides is 1. The first-order valence-corrected chi connectivity index (χ1v) is 10.2. The van der Waals surface area contributed by atoms with Crippen LogP contribution in [-0.4, -0.2) is 70.6 Å². The molecule has 182 valence electrons. The Kier molecular flexibility index (Phi) is 8.76. The molecule has 1 aliphatic heterocycles. The SMILES string of the molecule is CC(=O)OC[C@@H]1OC(n2nc(CCl)cc2C(N)=O)[C@@H](OC(C)=O)[C@H](OC(C)=O)[C@H]1OC(C)=O. The lowest BCUT2D eigenvalue weighted by molar-refractivity contribution is -0.270. The Morgan fingerprint density at radius 1 is 0.970 bits per heavy atom. The van der Waals surface area contributed by atoms with E-state index in [-0.39, 0.29) is 17.3 Å². The molecule has 0 bridgehead atoms. The van der Waals surface area contributed by atoms with Gasteiger partial charge in [-0.3, -0.25) is 24.0 Å². The van der Waals surface area contributed by atoms with Crippen LogP contribution < -0.4 is 5.73 Å². The molecule has 0 radical (unpaired) electrons. The zero-order chi connectivity index (χ0) is 24.9. The first-order chi connectivity index (χ1) is 15.4. The highest BCUT2D eigenvalue weighted by molar-refractivity contribution is 6.17. The molecule has 1 unspecified atom stereocenters. The van der Waals surface area contributed by atoms with Gasteiger partial charge in [-0.2, -0.15) is 5.10 Å². The Morgan fingerprint density at radius 3 is 2.00 bits per heavy atom. The van der Waals surface area contributed by atoms with Crippen LogP contribution in [0.15, 0.2) is 6.07 Å². The summed E-state index contributed by atoms with van der Waals surface area (Å²) in [6.45, 7) is 4.01. The smallest absolute Gasteiger partial charge is 0.303 e. The number of nitrogens with zero attached hydrogens (tertiary/aromatic N) is 2. The third-order valence-corrected chi connectivity index (χ3v) is 4.66. The van der Waals surface area contributed by atoms with Gasteiger partial charge < -0.3 is 29.4 Å². The van der Waals surface area contributed by atoms with Gasteiger partial charge in [0.15, 0.2) is 24.5 Å². The molecule has 1 aromatic heterocycles. The van der Waals surface area contributed by atoms with E-state index in [0.717, 1.165) is 32.4 Å². The van der Waals surface area contributed by atoms with Gasteiger partial charge in [0.1, 0.15) is 18.4 Å². The van der Waals surface area contributed by atoms with Crippen molar-refractivity contribution >= 4 is 41.4 Å². The summed E-state index contributed by atoms with van der Waals surface area (Å²) in [4.78, 5) is 58.9. The number of alkyl halides is 1. The molecule has 0 spiro atoms. The zero-order valence-electron chi connectivity index (χ0n) is 18.3. The van der Waals surface area contributed by atoms with Gasteiger partial charge in [-0.15, -0.1) is 11.6 Å². The van der Waals surface area contributed by atoms with Crippen LogP contribution in [0.2, 0.25) is 0 Å². The quantitative estimate of drug-likeness (QED) is 0.295. The van der Waals surface area contributed by atoms with E-state index in [2.05, 4.69) is 5.10 Å². The number of primary amides is 1. The van der Waals surface area contributed by atoms with Crippen LogP contribution in [0.4, 0.5) is 0 Å². The molecule has 2 N–H and O–H groups in total. The van der Waals surface area contributed by atoms with E-state index < -0.39 is 67.0 Å². The van der Waals surface area contributed by atoms with Gasteiger partial charge in [0.25, 0.3) is 5.91 Å². The van der Waals surface area contributed by atoms with E-state index in [1.807, 2.05) is 0 Å². The second-order valence-electron chi connectivity index (χ2n) is 7.05. The van der Waals surface area contributed by atoms with Crippen LogP contribution in [0.5, 0.6) is 0 Å². The summed E-state index contributed by atoms with van der Waals surface area (Å²) < 4.78 is 27.9. The Labute approximate surface area is 193 Å². The largest absolute Gasteiger partial charge is 0.463 e. The molecule has 13 nitrogen and oxygen atoms in total. The molecule has 1 aliphatic rings. The van der Waals surface area contributed by atoms with Crippen molar-refractivity contribution in [1.29, 1.82) is 0 Å². The minimum atomic E-state index is -1.44. The fraction of sp³-hybridized carbons (Fsp3) is 0.579. The maximum atomic E-state index is 12.0. The highest BCUT2D eigenvalue weighted by atomic mass is 35.5. The summed E-state index contributed by atoms with van der Waals surface area (Å²) in [7, 11) is 0. The molecule has 2 rings (SSSR count). The lowest BCUT2D eigenvalue weighted by Gasteiger charge is -2.44. The number of carbonyl (C=O) groups is 5. The molecule has 0 saturated carbocycles. The normalized spacial score (nSPS) is 24.5. The maximum Gasteiger partial charge on any atom is 0.303 e. The van der Waals surface area contributed by atoms with Crippen molar-refractivity contribution in [3.05, 3.63) is 17.5 Å². The number of halogens is 1. The molecule has 1 saturated heterocycles. The summed E-state index contributed by atoms with van der Waals surface area (Å²) in [5, 5.41) is 4.17. The van der Waals surface area contributed by atoms with Crippen molar-refractivity contribution in [2.45, 2.75) is 64.2 Å². The second-order valence-corrected chi connectivity index (χ2v) is 7.32. The number of rotatable bonds is 8. The Bertz CT molecular complexity index is 933. The summed E-state index contributed by atoms with van der Waals surface area (Å²) in [5.74, 6) is -4.00. The molecular formula is C19H24ClN3O10. The fourth-order valence-corrected chi connectivity index (χ4v) is 3.42. The second kappa shape index (κ2) is 11.1. The summed E-state index contributed by atoms with van der Waals surface area (Å²) in [6.07, 6.45) is -6.80. The topological polar surface area (TPSA) is 175 Å². The molecule has 0 aromatic carbocycles. The lowest BCUT2D eigenvalue weighted by atomic mass is 9.97. The summed E-state index contributed by atoms with van der Waals surface area (Å²) in [6, 6.07) is 1.31. The first-order valence-electron chi connectivity index (χ1n) is 9.69. The van der Waals surface area contributed by atoms with Gasteiger partial charge in [0, 0.05) is 27.7 Å². The number of hydrogen-bond acceptors (Lipinski definition) is 11. The van der Waals surface area contributed by atoms with E-state index in [9.17, 15) is 24.0 Å². The summed E-state index contributed by atoms with van der Waals surface area (Å²) in [5.41, 5.74) is 5.55. The van der Waals surface area contributed by atoms with Gasteiger partial charge >= 0.3 is 23.9 Å². The fourth-order valence-electron chi connectivity index (χ4n) is 3.29. The van der Waals surface area contributed by atoms with E-state index in [0.29, 0.717) is 0 Å². The zero-order valence-corrected chi connectivity index (χ0v) is 19.1. The maximum absolute atomic E-state index is 12.0. The molecule has 2 heterocycles. The highest BCUT2D eigenvalue weighted by Gasteiger charge is 2.53. The van der Waals surface area contributed by atoms with E-state index in [1.54, 1.807) is 0 Å². The average Bonchev–Trinajstić information content (AvgIpc) is 3.13. The number of esters is 4. The number of hydrogen-bond donors (Lipinski definition) is 1. The van der Waals surface area contributed by atoms with Gasteiger partial charge in [-0.1, -0.05) is 0 Å². The lowest BCUT2D eigenvalue weighted by Crippen LogP contribution is -2.61. The van der Waals surface area contributed by atoms with Gasteiger partial charge in [0.05, 0.1) is 11.6 Å². The van der Waals surface area contributed by atoms with Gasteiger partial charge in [-0.05, 0) is 6.07 Å². The van der Waals surface area contributed by atoms with Gasteiger partial charge in [0.2, 0.25) is 0 Å². The molecule has 14 heteroatoms. The first kappa shape index (κ1) is 26.1. The number of ether oxygens (including phenoxy) is 5. The van der Waals surface area contributed by atoms with E-state index >= 15 is 0 Å². The van der Waals surface area contributed by atoms with Gasteiger partial charge in [-0.25, -0.2) is 4.68 Å². The monoisotopic (exact) mass is 489 g/mol. The van der Waals surface area contributed by atoms with E-state index in [4.69, 9.17) is 41.0 Å². The van der Waals surface area contributed by atoms with Crippen molar-refractivity contribution in [3.8, 4) is 0 Å². The average molecular weight is 490 g/mol. The molecule has 0 aliphatic carbocycles. The van der Waals surface area contributed by atoms with Crippen molar-refractivity contribution in [3.63, 3.8) is 0 Å². The molecule has 33 heavy (non-hydrogen) atoms. The van der Waals surface area contributed by atoms with Crippen LogP contribution in [-0.2, 0) is 48.7 Å². The number of carbonyl (C=O) groups excluding carboxylic acids is 5. The third-order valence-electron chi connectivity index (χ3n) is 4.38. The molecule has 5 atom stereocenters. The Balaban J connectivity index is 2.65. The third kappa shape index (κ3) is 6.65. The van der Waals surface area contributed by atoms with E-state index in [1.165, 1.54) is 6.07 Å². The highest BCUT2D eigenvalue weighted by Crippen LogP contribution is 2.35. The minimum absolute atomic E-state index is 0.0848. The molecule has 1 fully saturated rings. The van der Waals surface area contributed by atoms with Crippen LogP contribution in [0, 0.1) is 0 Å².